The van der Waals surface area contributed by atoms with E-state index in [0.29, 0.717) is 4.88 Å². The van der Waals surface area contributed by atoms with Gasteiger partial charge in [-0.1, -0.05) is 0 Å². The second-order valence-electron chi connectivity index (χ2n) is 3.23. The van der Waals surface area contributed by atoms with Crippen LogP contribution in [-0.4, -0.2) is 33.3 Å². The van der Waals surface area contributed by atoms with E-state index in [9.17, 15) is 13.2 Å². The first-order valence-corrected chi connectivity index (χ1v) is 6.48. The van der Waals surface area contributed by atoms with E-state index >= 15 is 0 Å². The van der Waals surface area contributed by atoms with E-state index in [1.807, 2.05) is 0 Å². The molecule has 15 heavy (non-hydrogen) atoms. The van der Waals surface area contributed by atoms with E-state index in [0.717, 1.165) is 11.3 Å². The molecule has 1 aromatic rings. The number of rotatable bonds is 3. The molecular formula is C8H12N2O3S2. The van der Waals surface area contributed by atoms with Gasteiger partial charge >= 0.3 is 0 Å². The molecule has 84 valence electrons. The molecule has 7 heteroatoms. The molecule has 1 amide bonds. The third-order valence-electron chi connectivity index (χ3n) is 1.74. The standard InChI is InChI=1S/C8H12N2O3S2/c1-10(2)7(11)5-6-3-4-8(14-6)15(9,12)13/h3-4H,5H2,1-2H3,(H2,9,12,13). The van der Waals surface area contributed by atoms with Crippen LogP contribution < -0.4 is 5.14 Å². The Kier molecular flexibility index (Phi) is 3.48. The van der Waals surface area contributed by atoms with Gasteiger partial charge in [-0.15, -0.1) is 11.3 Å². The molecule has 0 unspecified atom stereocenters. The van der Waals surface area contributed by atoms with Gasteiger partial charge < -0.3 is 4.90 Å². The number of thiophene rings is 1. The maximum Gasteiger partial charge on any atom is 0.247 e. The Bertz CT molecular complexity index is 462. The normalized spacial score (nSPS) is 11.4. The zero-order valence-electron chi connectivity index (χ0n) is 8.43. The molecule has 0 bridgehead atoms. The zero-order valence-corrected chi connectivity index (χ0v) is 10.1. The van der Waals surface area contributed by atoms with Gasteiger partial charge in [0.1, 0.15) is 4.21 Å². The third-order valence-corrected chi connectivity index (χ3v) is 4.27. The number of amides is 1. The molecule has 0 spiro atoms. The predicted octanol–water partition coefficient (Wildman–Crippen LogP) is 0.0262. The van der Waals surface area contributed by atoms with Gasteiger partial charge in [0.25, 0.3) is 0 Å². The summed E-state index contributed by atoms with van der Waals surface area (Å²) in [5.74, 6) is -0.0715. The smallest absolute Gasteiger partial charge is 0.247 e. The molecule has 5 nitrogen and oxygen atoms in total. The summed E-state index contributed by atoms with van der Waals surface area (Å²) < 4.78 is 22.0. The molecule has 0 aliphatic rings. The van der Waals surface area contributed by atoms with Gasteiger partial charge in [-0.2, -0.15) is 0 Å². The fourth-order valence-electron chi connectivity index (χ4n) is 0.913. The molecule has 1 rings (SSSR count). The van der Waals surface area contributed by atoms with Gasteiger partial charge in [0.15, 0.2) is 0 Å². The summed E-state index contributed by atoms with van der Waals surface area (Å²) in [4.78, 5) is 13.5. The lowest BCUT2D eigenvalue weighted by molar-refractivity contribution is -0.127. The number of hydrogen-bond donors (Lipinski definition) is 1. The van der Waals surface area contributed by atoms with Crippen LogP contribution in [0.15, 0.2) is 16.3 Å². The number of sulfonamides is 1. The Hall–Kier alpha value is -0.920. The molecule has 0 aliphatic heterocycles. The van der Waals surface area contributed by atoms with Crippen molar-refractivity contribution in [1.82, 2.24) is 4.90 Å². The summed E-state index contributed by atoms with van der Waals surface area (Å²) in [5, 5.41) is 4.95. The maximum absolute atomic E-state index is 11.3. The lowest BCUT2D eigenvalue weighted by atomic mass is 10.3. The van der Waals surface area contributed by atoms with Crippen LogP contribution in [0.2, 0.25) is 0 Å². The molecule has 1 aromatic heterocycles. The second kappa shape index (κ2) is 4.30. The number of carbonyl (C=O) groups excluding carboxylic acids is 1. The van der Waals surface area contributed by atoms with Crippen molar-refractivity contribution < 1.29 is 13.2 Å². The number of nitrogens with zero attached hydrogens (tertiary/aromatic N) is 1. The molecule has 1 heterocycles. The molecular weight excluding hydrogens is 236 g/mol. The van der Waals surface area contributed by atoms with Crippen LogP contribution >= 0.6 is 11.3 Å². The molecule has 0 saturated heterocycles. The minimum absolute atomic E-state index is 0.0715. The van der Waals surface area contributed by atoms with Crippen molar-refractivity contribution in [3.8, 4) is 0 Å². The Labute approximate surface area is 92.6 Å². The van der Waals surface area contributed by atoms with Crippen LogP contribution in [0, 0.1) is 0 Å². The third kappa shape index (κ3) is 3.29. The van der Waals surface area contributed by atoms with Gasteiger partial charge in [-0.3, -0.25) is 4.79 Å². The molecule has 0 radical (unpaired) electrons. The van der Waals surface area contributed by atoms with Crippen LogP contribution in [0.3, 0.4) is 0 Å². The monoisotopic (exact) mass is 248 g/mol. The van der Waals surface area contributed by atoms with Gasteiger partial charge in [-0.05, 0) is 12.1 Å². The number of likely N-dealkylation sites (N-methyl/N-ethyl adjacent to an activating group) is 1. The average molecular weight is 248 g/mol. The highest BCUT2D eigenvalue weighted by molar-refractivity contribution is 7.91. The van der Waals surface area contributed by atoms with Crippen LogP contribution in [0.5, 0.6) is 0 Å². The summed E-state index contributed by atoms with van der Waals surface area (Å²) in [5.41, 5.74) is 0. The first-order chi connectivity index (χ1) is 6.80. The minimum atomic E-state index is -3.64. The largest absolute Gasteiger partial charge is 0.349 e. The predicted molar refractivity (Wildman–Crippen MR) is 58.1 cm³/mol. The van der Waals surface area contributed by atoms with Gasteiger partial charge in [0.05, 0.1) is 6.42 Å². The topological polar surface area (TPSA) is 80.5 Å². The molecule has 0 aliphatic carbocycles. The van der Waals surface area contributed by atoms with Crippen molar-refractivity contribution in [2.45, 2.75) is 10.6 Å². The van der Waals surface area contributed by atoms with Crippen molar-refractivity contribution >= 4 is 27.3 Å². The van der Waals surface area contributed by atoms with Crippen molar-refractivity contribution in [2.24, 2.45) is 5.14 Å². The first-order valence-electron chi connectivity index (χ1n) is 4.12. The molecule has 0 fully saturated rings. The van der Waals surface area contributed by atoms with Gasteiger partial charge in [0.2, 0.25) is 15.9 Å². The van der Waals surface area contributed by atoms with Crippen LogP contribution in [0.1, 0.15) is 4.88 Å². The Morgan fingerprint density at radius 3 is 2.47 bits per heavy atom. The molecule has 0 atom stereocenters. The highest BCUT2D eigenvalue weighted by atomic mass is 32.2. The SMILES string of the molecule is CN(C)C(=O)Cc1ccc(S(N)(=O)=O)s1. The minimum Gasteiger partial charge on any atom is -0.349 e. The number of primary sulfonamides is 1. The summed E-state index contributed by atoms with van der Waals surface area (Å²) in [6, 6.07) is 3.02. The average Bonchev–Trinajstić information content (AvgIpc) is 2.51. The number of nitrogens with two attached hydrogens (primary N) is 1. The Morgan fingerprint density at radius 2 is 2.07 bits per heavy atom. The van der Waals surface area contributed by atoms with Crippen molar-refractivity contribution in [2.75, 3.05) is 14.1 Å². The first kappa shape index (κ1) is 12.2. The van der Waals surface area contributed by atoms with E-state index in [1.165, 1.54) is 11.0 Å². The van der Waals surface area contributed by atoms with Crippen LogP contribution in [0.25, 0.3) is 0 Å². The van der Waals surface area contributed by atoms with E-state index in [-0.39, 0.29) is 16.5 Å². The van der Waals surface area contributed by atoms with Gasteiger partial charge in [0, 0.05) is 19.0 Å². The Morgan fingerprint density at radius 1 is 1.47 bits per heavy atom. The Balaban J connectivity index is 2.83. The zero-order chi connectivity index (χ0) is 11.6. The summed E-state index contributed by atoms with van der Waals surface area (Å²) >= 11 is 1.03. The van der Waals surface area contributed by atoms with Crippen molar-refractivity contribution in [1.29, 1.82) is 0 Å². The summed E-state index contributed by atoms with van der Waals surface area (Å²) in [7, 11) is -0.346. The molecule has 0 saturated carbocycles. The number of carbonyl (C=O) groups is 1. The van der Waals surface area contributed by atoms with Crippen molar-refractivity contribution in [3.05, 3.63) is 17.0 Å². The number of hydrogen-bond acceptors (Lipinski definition) is 4. The lowest BCUT2D eigenvalue weighted by Crippen LogP contribution is -2.23. The van der Waals surface area contributed by atoms with E-state index < -0.39 is 10.0 Å². The van der Waals surface area contributed by atoms with Gasteiger partial charge in [-0.25, -0.2) is 13.6 Å². The van der Waals surface area contributed by atoms with Crippen molar-refractivity contribution in [3.63, 3.8) is 0 Å². The maximum atomic E-state index is 11.3. The fraction of sp³-hybridized carbons (Fsp3) is 0.375. The lowest BCUT2D eigenvalue weighted by Gasteiger charge is -2.08. The molecule has 0 aromatic carbocycles. The van der Waals surface area contributed by atoms with E-state index in [1.54, 1.807) is 20.2 Å². The highest BCUT2D eigenvalue weighted by Crippen LogP contribution is 2.20. The van der Waals surface area contributed by atoms with Crippen LogP contribution in [0.4, 0.5) is 0 Å². The highest BCUT2D eigenvalue weighted by Gasteiger charge is 2.13. The summed E-state index contributed by atoms with van der Waals surface area (Å²) in [6.45, 7) is 0. The molecule has 2 N–H and O–H groups in total. The quantitative estimate of drug-likeness (QED) is 0.819. The van der Waals surface area contributed by atoms with Crippen LogP contribution in [-0.2, 0) is 21.2 Å². The van der Waals surface area contributed by atoms with E-state index in [4.69, 9.17) is 5.14 Å². The van der Waals surface area contributed by atoms with E-state index in [2.05, 4.69) is 0 Å². The fourth-order valence-corrected chi connectivity index (χ4v) is 2.68. The summed E-state index contributed by atoms with van der Waals surface area (Å²) in [6.07, 6.45) is 0.202. The second-order valence-corrected chi connectivity index (χ2v) is 6.19.